The molecule has 3 heterocycles. The average Bonchev–Trinajstić information content (AvgIpc) is 3.51. The summed E-state index contributed by atoms with van der Waals surface area (Å²) in [4.78, 5) is 19.9. The Labute approximate surface area is 204 Å². The molecule has 1 aliphatic heterocycles. The number of aromatic nitrogens is 3. The molecule has 1 saturated heterocycles. The predicted molar refractivity (Wildman–Crippen MR) is 134 cm³/mol. The van der Waals surface area contributed by atoms with Crippen LogP contribution < -0.4 is 14.8 Å². The third kappa shape index (κ3) is 5.12. The van der Waals surface area contributed by atoms with Crippen LogP contribution in [0.2, 0.25) is 0 Å². The van der Waals surface area contributed by atoms with E-state index < -0.39 is 0 Å². The number of hydrogen-bond acceptors (Lipinski definition) is 6. The average molecular weight is 472 g/mol. The van der Waals surface area contributed by atoms with Crippen molar-refractivity contribution in [2.45, 2.75) is 25.6 Å². The third-order valence-electron chi connectivity index (χ3n) is 6.41. The van der Waals surface area contributed by atoms with E-state index in [4.69, 9.17) is 9.47 Å². The first-order chi connectivity index (χ1) is 17.1. The predicted octanol–water partition coefficient (Wildman–Crippen LogP) is 3.50. The monoisotopic (exact) mass is 471 g/mol. The van der Waals surface area contributed by atoms with Crippen LogP contribution in [0.1, 0.15) is 27.9 Å². The zero-order valence-electron chi connectivity index (χ0n) is 20.0. The van der Waals surface area contributed by atoms with Gasteiger partial charge < -0.3 is 14.8 Å². The highest BCUT2D eigenvalue weighted by molar-refractivity contribution is 5.97. The molecule has 1 amide bonds. The number of ether oxygens (including phenoxy) is 2. The van der Waals surface area contributed by atoms with Gasteiger partial charge in [-0.2, -0.15) is 5.10 Å². The molecule has 8 nitrogen and oxygen atoms in total. The molecule has 0 saturated carbocycles. The Bertz CT molecular complexity index is 1320. The lowest BCUT2D eigenvalue weighted by Crippen LogP contribution is -2.37. The van der Waals surface area contributed by atoms with Gasteiger partial charge in [-0.3, -0.25) is 9.69 Å². The van der Waals surface area contributed by atoms with Crippen LogP contribution in [0.25, 0.3) is 11.0 Å². The molecule has 1 unspecified atom stereocenters. The minimum absolute atomic E-state index is 0.101. The van der Waals surface area contributed by atoms with Gasteiger partial charge in [0.2, 0.25) is 0 Å². The Kier molecular flexibility index (Phi) is 6.63. The summed E-state index contributed by atoms with van der Waals surface area (Å²) < 4.78 is 12.6. The Morgan fingerprint density at radius 1 is 1.06 bits per heavy atom. The number of pyridine rings is 1. The van der Waals surface area contributed by atoms with Gasteiger partial charge >= 0.3 is 0 Å². The largest absolute Gasteiger partial charge is 0.497 e. The molecule has 5 rings (SSSR count). The van der Waals surface area contributed by atoms with Crippen molar-refractivity contribution in [1.29, 1.82) is 0 Å². The highest BCUT2D eigenvalue weighted by atomic mass is 16.5. The number of methoxy groups -OCH3 is 2. The third-order valence-corrected chi connectivity index (χ3v) is 6.41. The van der Waals surface area contributed by atoms with Crippen LogP contribution in [0.5, 0.6) is 11.5 Å². The van der Waals surface area contributed by atoms with Gasteiger partial charge in [-0.15, -0.1) is 0 Å². The fraction of sp³-hybridized carbons (Fsp3) is 0.296. The number of benzene rings is 2. The Morgan fingerprint density at radius 3 is 2.71 bits per heavy atom. The molecule has 8 heteroatoms. The van der Waals surface area contributed by atoms with E-state index in [2.05, 4.69) is 44.6 Å². The summed E-state index contributed by atoms with van der Waals surface area (Å²) in [6.07, 6.45) is 4.31. The molecule has 0 radical (unpaired) electrons. The number of fused-ring (bicyclic) bond motifs is 1. The number of nitrogens with one attached hydrogen (secondary N) is 1. The minimum atomic E-state index is -0.101. The lowest BCUT2D eigenvalue weighted by atomic mass is 10.2. The lowest BCUT2D eigenvalue weighted by molar-refractivity contribution is 0.0937. The van der Waals surface area contributed by atoms with Gasteiger partial charge in [-0.05, 0) is 30.2 Å². The zero-order chi connectivity index (χ0) is 24.2. The molecule has 1 fully saturated rings. The molecule has 1 aliphatic rings. The molecular weight excluding hydrogens is 442 g/mol. The first-order valence-electron chi connectivity index (χ1n) is 11.7. The lowest BCUT2D eigenvalue weighted by Gasteiger charge is -2.17. The summed E-state index contributed by atoms with van der Waals surface area (Å²) in [5.74, 6) is 1.35. The molecule has 2 aromatic carbocycles. The topological polar surface area (TPSA) is 81.5 Å². The molecule has 1 atom stereocenters. The van der Waals surface area contributed by atoms with Crippen molar-refractivity contribution < 1.29 is 14.3 Å². The van der Waals surface area contributed by atoms with E-state index in [1.807, 2.05) is 30.3 Å². The van der Waals surface area contributed by atoms with Crippen LogP contribution in [-0.4, -0.2) is 58.9 Å². The molecule has 4 aromatic rings. The number of carbonyl (C=O) groups is 1. The second-order valence-corrected chi connectivity index (χ2v) is 8.80. The van der Waals surface area contributed by atoms with Gasteiger partial charge in [-0.25, -0.2) is 9.67 Å². The summed E-state index contributed by atoms with van der Waals surface area (Å²) in [5.41, 5.74) is 3.51. The number of carbonyl (C=O) groups excluding carboxylic acids is 1. The number of rotatable bonds is 8. The van der Waals surface area contributed by atoms with Gasteiger partial charge in [0.25, 0.3) is 5.91 Å². The SMILES string of the molecule is COc1ccc(Cn2ncc3cc(C(=O)NC4CCN(Cc5ccccc5)C4)cnc32)c(OC)c1. The highest BCUT2D eigenvalue weighted by Gasteiger charge is 2.24. The summed E-state index contributed by atoms with van der Waals surface area (Å²) >= 11 is 0. The molecule has 0 bridgehead atoms. The van der Waals surface area contributed by atoms with E-state index >= 15 is 0 Å². The van der Waals surface area contributed by atoms with Crippen LogP contribution >= 0.6 is 0 Å². The van der Waals surface area contributed by atoms with E-state index in [0.29, 0.717) is 17.8 Å². The molecule has 1 N–H and O–H groups in total. The second kappa shape index (κ2) is 10.1. The van der Waals surface area contributed by atoms with Crippen LogP contribution in [-0.2, 0) is 13.1 Å². The summed E-state index contributed by atoms with van der Waals surface area (Å²) in [6.45, 7) is 3.21. The summed E-state index contributed by atoms with van der Waals surface area (Å²) in [5, 5.41) is 8.48. The Balaban J connectivity index is 1.24. The number of hydrogen-bond donors (Lipinski definition) is 1. The fourth-order valence-electron chi connectivity index (χ4n) is 4.56. The first kappa shape index (κ1) is 22.9. The minimum Gasteiger partial charge on any atom is -0.497 e. The number of likely N-dealkylation sites (tertiary alicyclic amines) is 1. The molecule has 180 valence electrons. The van der Waals surface area contributed by atoms with Crippen molar-refractivity contribution in [3.63, 3.8) is 0 Å². The number of amides is 1. The van der Waals surface area contributed by atoms with E-state index in [1.165, 1.54) is 5.56 Å². The van der Waals surface area contributed by atoms with Crippen molar-refractivity contribution >= 4 is 16.9 Å². The molecule has 2 aromatic heterocycles. The van der Waals surface area contributed by atoms with Crippen molar-refractivity contribution in [2.24, 2.45) is 0 Å². The van der Waals surface area contributed by atoms with E-state index in [0.717, 1.165) is 48.5 Å². The molecule has 0 spiro atoms. The van der Waals surface area contributed by atoms with Crippen molar-refractivity contribution in [1.82, 2.24) is 25.0 Å². The maximum atomic E-state index is 12.9. The normalized spacial score (nSPS) is 15.9. The van der Waals surface area contributed by atoms with Gasteiger partial charge in [0, 0.05) is 48.9 Å². The fourth-order valence-corrected chi connectivity index (χ4v) is 4.56. The Morgan fingerprint density at radius 2 is 1.91 bits per heavy atom. The summed E-state index contributed by atoms with van der Waals surface area (Å²) in [6, 6.07) is 18.1. The zero-order valence-corrected chi connectivity index (χ0v) is 20.0. The van der Waals surface area contributed by atoms with E-state index in [1.54, 1.807) is 31.3 Å². The van der Waals surface area contributed by atoms with Crippen LogP contribution in [0, 0.1) is 0 Å². The maximum absolute atomic E-state index is 12.9. The van der Waals surface area contributed by atoms with Crippen molar-refractivity contribution in [2.75, 3.05) is 27.3 Å². The highest BCUT2D eigenvalue weighted by Crippen LogP contribution is 2.26. The van der Waals surface area contributed by atoms with Crippen LogP contribution in [0.3, 0.4) is 0 Å². The first-order valence-corrected chi connectivity index (χ1v) is 11.7. The van der Waals surface area contributed by atoms with Crippen molar-refractivity contribution in [3.8, 4) is 11.5 Å². The smallest absolute Gasteiger partial charge is 0.253 e. The van der Waals surface area contributed by atoms with Crippen LogP contribution in [0.4, 0.5) is 0 Å². The van der Waals surface area contributed by atoms with Gasteiger partial charge in [0.05, 0.1) is 32.5 Å². The molecule has 35 heavy (non-hydrogen) atoms. The Hall–Kier alpha value is -3.91. The van der Waals surface area contributed by atoms with Gasteiger partial charge in [0.15, 0.2) is 5.65 Å². The molecule has 0 aliphatic carbocycles. The van der Waals surface area contributed by atoms with E-state index in [-0.39, 0.29) is 11.9 Å². The maximum Gasteiger partial charge on any atom is 0.253 e. The van der Waals surface area contributed by atoms with Crippen LogP contribution in [0.15, 0.2) is 67.0 Å². The second-order valence-electron chi connectivity index (χ2n) is 8.80. The quantitative estimate of drug-likeness (QED) is 0.424. The van der Waals surface area contributed by atoms with Gasteiger partial charge in [0.1, 0.15) is 11.5 Å². The van der Waals surface area contributed by atoms with E-state index in [9.17, 15) is 4.79 Å². The van der Waals surface area contributed by atoms with Gasteiger partial charge in [-0.1, -0.05) is 30.3 Å². The molecular formula is C27H29N5O3. The number of nitrogens with zero attached hydrogens (tertiary/aromatic N) is 4. The summed E-state index contributed by atoms with van der Waals surface area (Å²) in [7, 11) is 3.26. The van der Waals surface area contributed by atoms with Crippen molar-refractivity contribution in [3.05, 3.63) is 83.7 Å². The standard InChI is InChI=1S/C27H29N5O3/c1-34-24-9-8-20(25(13-24)35-2)17-32-26-21(15-29-32)12-22(14-28-26)27(33)30-23-10-11-31(18-23)16-19-6-4-3-5-7-19/h3-9,12-15,23H,10-11,16-18H2,1-2H3,(H,30,33).